The lowest BCUT2D eigenvalue weighted by Gasteiger charge is -2.25. The Hall–Kier alpha value is -2.18. The normalized spacial score (nSPS) is 10.7. The van der Waals surface area contributed by atoms with Crippen molar-refractivity contribution in [1.82, 2.24) is 0 Å². The van der Waals surface area contributed by atoms with Crippen LogP contribution in [0.25, 0.3) is 0 Å². The van der Waals surface area contributed by atoms with E-state index in [2.05, 4.69) is 0 Å². The first-order valence-electron chi connectivity index (χ1n) is 6.13. The van der Waals surface area contributed by atoms with Crippen molar-refractivity contribution in [3.05, 3.63) is 33.6 Å². The van der Waals surface area contributed by atoms with Crippen molar-refractivity contribution in [3.63, 3.8) is 0 Å². The molecule has 1 aromatic rings. The molecule has 0 aromatic heterocycles. The summed E-state index contributed by atoms with van der Waals surface area (Å²) in [6.07, 6.45) is 0. The van der Waals surface area contributed by atoms with Crippen LogP contribution < -0.4 is 4.90 Å². The molecule has 0 unspecified atom stereocenters. The fraction of sp³-hybridized carbons (Fsp3) is 0.462. The highest BCUT2D eigenvalue weighted by Crippen LogP contribution is 2.31. The molecule has 0 bridgehead atoms. The zero-order chi connectivity index (χ0) is 15.4. The molecule has 0 heterocycles. The van der Waals surface area contributed by atoms with Crippen LogP contribution in [0.5, 0.6) is 0 Å². The van der Waals surface area contributed by atoms with Gasteiger partial charge in [-0.2, -0.15) is 0 Å². The van der Waals surface area contributed by atoms with Gasteiger partial charge in [0.15, 0.2) is 0 Å². The third-order valence-corrected chi connectivity index (χ3v) is 2.70. The predicted octanol–water partition coefficient (Wildman–Crippen LogP) is 2.59. The molecule has 1 N–H and O–H groups in total. The van der Waals surface area contributed by atoms with E-state index in [0.29, 0.717) is 6.54 Å². The monoisotopic (exact) mass is 284 g/mol. The molecule has 0 fully saturated rings. The Kier molecular flexibility index (Phi) is 5.01. The Morgan fingerprint density at radius 2 is 2.10 bits per heavy atom. The van der Waals surface area contributed by atoms with Crippen LogP contribution in [0.1, 0.15) is 19.4 Å². The maximum atomic E-state index is 13.5. The van der Waals surface area contributed by atoms with Gasteiger partial charge in [0, 0.05) is 6.54 Å². The number of aliphatic carboxylic acids is 1. The second-order valence-electron chi connectivity index (χ2n) is 5.02. The Bertz CT molecular complexity index is 531. The number of nitro benzene ring substituents is 1. The molecule has 6 nitrogen and oxygen atoms in total. The zero-order valence-corrected chi connectivity index (χ0v) is 11.6. The van der Waals surface area contributed by atoms with Crippen LogP contribution in [0.3, 0.4) is 0 Å². The quantitative estimate of drug-likeness (QED) is 0.641. The summed E-state index contributed by atoms with van der Waals surface area (Å²) in [7, 11) is 0. The van der Waals surface area contributed by atoms with Crippen molar-refractivity contribution in [2.45, 2.75) is 20.8 Å². The van der Waals surface area contributed by atoms with E-state index in [1.807, 2.05) is 13.8 Å². The molecule has 1 rings (SSSR count). The van der Waals surface area contributed by atoms with Gasteiger partial charge in [-0.3, -0.25) is 14.9 Å². The third kappa shape index (κ3) is 3.91. The standard InChI is InChI=1S/C13H17FN2O4/c1-8(2)6-15(7-13(17)18)11-4-9(3)10(14)5-12(11)16(19)20/h4-5,8H,6-7H2,1-3H3,(H,17,18). The molecule has 7 heteroatoms. The molecule has 0 saturated heterocycles. The number of rotatable bonds is 6. The third-order valence-electron chi connectivity index (χ3n) is 2.70. The van der Waals surface area contributed by atoms with Gasteiger partial charge in [0.2, 0.25) is 0 Å². The van der Waals surface area contributed by atoms with E-state index in [1.165, 1.54) is 17.9 Å². The van der Waals surface area contributed by atoms with E-state index in [4.69, 9.17) is 5.11 Å². The van der Waals surface area contributed by atoms with Gasteiger partial charge in [0.1, 0.15) is 18.0 Å². The number of carboxylic acids is 1. The van der Waals surface area contributed by atoms with Crippen molar-refractivity contribution in [2.24, 2.45) is 5.92 Å². The average Bonchev–Trinajstić information content (AvgIpc) is 2.29. The van der Waals surface area contributed by atoms with Gasteiger partial charge in [0.25, 0.3) is 5.69 Å². The maximum absolute atomic E-state index is 13.5. The second-order valence-corrected chi connectivity index (χ2v) is 5.02. The number of anilines is 1. The van der Waals surface area contributed by atoms with Gasteiger partial charge in [0.05, 0.1) is 11.0 Å². The van der Waals surface area contributed by atoms with E-state index < -0.39 is 22.4 Å². The molecule has 0 spiro atoms. The number of nitro groups is 1. The van der Waals surface area contributed by atoms with Crippen molar-refractivity contribution >= 4 is 17.3 Å². The summed E-state index contributed by atoms with van der Waals surface area (Å²) in [6.45, 7) is 5.19. The van der Waals surface area contributed by atoms with Crippen LogP contribution in [0.2, 0.25) is 0 Å². The van der Waals surface area contributed by atoms with Gasteiger partial charge in [-0.25, -0.2) is 4.39 Å². The molecule has 0 atom stereocenters. The first kappa shape index (κ1) is 15.9. The van der Waals surface area contributed by atoms with E-state index in [1.54, 1.807) is 0 Å². The number of hydrogen-bond acceptors (Lipinski definition) is 4. The summed E-state index contributed by atoms with van der Waals surface area (Å²) in [6, 6.07) is 2.15. The lowest BCUT2D eigenvalue weighted by atomic mass is 10.1. The number of hydrogen-bond donors (Lipinski definition) is 1. The molecular formula is C13H17FN2O4. The lowest BCUT2D eigenvalue weighted by molar-refractivity contribution is -0.384. The molecule has 0 aliphatic carbocycles. The zero-order valence-electron chi connectivity index (χ0n) is 11.6. The van der Waals surface area contributed by atoms with Gasteiger partial charge in [-0.1, -0.05) is 13.8 Å². The summed E-state index contributed by atoms with van der Waals surface area (Å²) in [5.41, 5.74) is -0.0512. The molecule has 20 heavy (non-hydrogen) atoms. The molecule has 1 aromatic carbocycles. The van der Waals surface area contributed by atoms with E-state index in [-0.39, 0.29) is 23.7 Å². The van der Waals surface area contributed by atoms with Gasteiger partial charge in [-0.05, 0) is 24.5 Å². The van der Waals surface area contributed by atoms with Crippen LogP contribution in [-0.2, 0) is 4.79 Å². The number of carboxylic acid groups (broad SMARTS) is 1. The Morgan fingerprint density at radius 3 is 2.55 bits per heavy atom. The SMILES string of the molecule is Cc1cc(N(CC(=O)O)CC(C)C)c([N+](=O)[O-])cc1F. The Labute approximate surface area is 116 Å². The van der Waals surface area contributed by atoms with E-state index in [0.717, 1.165) is 6.07 Å². The maximum Gasteiger partial charge on any atom is 0.323 e. The highest BCUT2D eigenvalue weighted by molar-refractivity contribution is 5.76. The lowest BCUT2D eigenvalue weighted by Crippen LogP contribution is -2.33. The predicted molar refractivity (Wildman–Crippen MR) is 72.5 cm³/mol. The highest BCUT2D eigenvalue weighted by atomic mass is 19.1. The molecule has 0 amide bonds. The summed E-state index contributed by atoms with van der Waals surface area (Å²) >= 11 is 0. The van der Waals surface area contributed by atoms with Crippen LogP contribution in [0.4, 0.5) is 15.8 Å². The van der Waals surface area contributed by atoms with E-state index >= 15 is 0 Å². The second kappa shape index (κ2) is 6.31. The minimum absolute atomic E-state index is 0.110. The average molecular weight is 284 g/mol. The Balaban J connectivity index is 3.33. The topological polar surface area (TPSA) is 83.7 Å². The number of carbonyl (C=O) groups is 1. The minimum atomic E-state index is -1.10. The molecule has 110 valence electrons. The minimum Gasteiger partial charge on any atom is -0.480 e. The number of aryl methyl sites for hydroxylation is 1. The van der Waals surface area contributed by atoms with Crippen molar-refractivity contribution in [1.29, 1.82) is 0 Å². The molecule has 0 aliphatic rings. The van der Waals surface area contributed by atoms with Gasteiger partial charge >= 0.3 is 5.97 Å². The summed E-state index contributed by atoms with van der Waals surface area (Å²) < 4.78 is 13.5. The molecule has 0 aliphatic heterocycles. The van der Waals surface area contributed by atoms with Crippen molar-refractivity contribution < 1.29 is 19.2 Å². The molecule has 0 radical (unpaired) electrons. The largest absolute Gasteiger partial charge is 0.480 e. The fourth-order valence-electron chi connectivity index (χ4n) is 1.91. The van der Waals surface area contributed by atoms with Crippen LogP contribution in [0, 0.1) is 28.8 Å². The van der Waals surface area contributed by atoms with Crippen molar-refractivity contribution in [2.75, 3.05) is 18.0 Å². The van der Waals surface area contributed by atoms with Crippen LogP contribution in [0.15, 0.2) is 12.1 Å². The number of nitrogens with zero attached hydrogens (tertiary/aromatic N) is 2. The number of benzene rings is 1. The number of halogens is 1. The first-order valence-corrected chi connectivity index (χ1v) is 6.13. The summed E-state index contributed by atoms with van der Waals surface area (Å²) in [5, 5.41) is 20.0. The Morgan fingerprint density at radius 1 is 1.50 bits per heavy atom. The summed E-state index contributed by atoms with van der Waals surface area (Å²) in [5.74, 6) is -1.67. The summed E-state index contributed by atoms with van der Waals surface area (Å²) in [4.78, 5) is 22.6. The van der Waals surface area contributed by atoms with Crippen molar-refractivity contribution in [3.8, 4) is 0 Å². The highest BCUT2D eigenvalue weighted by Gasteiger charge is 2.24. The van der Waals surface area contributed by atoms with Crippen LogP contribution >= 0.6 is 0 Å². The molecular weight excluding hydrogens is 267 g/mol. The van der Waals surface area contributed by atoms with Gasteiger partial charge < -0.3 is 10.0 Å². The van der Waals surface area contributed by atoms with Crippen LogP contribution in [-0.4, -0.2) is 29.1 Å². The first-order chi connectivity index (χ1) is 9.22. The van der Waals surface area contributed by atoms with Gasteiger partial charge in [-0.15, -0.1) is 0 Å². The smallest absolute Gasteiger partial charge is 0.323 e. The van der Waals surface area contributed by atoms with E-state index in [9.17, 15) is 19.3 Å². The molecule has 0 saturated carbocycles. The fourth-order valence-corrected chi connectivity index (χ4v) is 1.91.